The van der Waals surface area contributed by atoms with E-state index in [1.807, 2.05) is 38.1 Å². The number of para-hydroxylation sites is 1. The number of aromatic nitrogens is 2. The van der Waals surface area contributed by atoms with Gasteiger partial charge >= 0.3 is 0 Å². The summed E-state index contributed by atoms with van der Waals surface area (Å²) in [6.07, 6.45) is 1.64. The molecule has 1 unspecified atom stereocenters. The molecule has 0 aliphatic rings. The standard InChI is InChI=1S/C25H26N4O4/c1-14(2)23(25(31)27-15-9-10-21(32-3)22(11-15)33-4)29-24(30)19-12-17-16-7-5-6-8-18(16)28-20(17)13-26-19/h5-14,23,28H,1-4H3,(H,27,31)(H,29,30). The maximum Gasteiger partial charge on any atom is 0.270 e. The van der Waals surface area contributed by atoms with E-state index < -0.39 is 11.9 Å². The lowest BCUT2D eigenvalue weighted by molar-refractivity contribution is -0.118. The summed E-state index contributed by atoms with van der Waals surface area (Å²) in [6, 6.07) is 13.9. The summed E-state index contributed by atoms with van der Waals surface area (Å²) >= 11 is 0. The maximum absolute atomic E-state index is 13.0. The highest BCUT2D eigenvalue weighted by atomic mass is 16.5. The highest BCUT2D eigenvalue weighted by Crippen LogP contribution is 2.30. The van der Waals surface area contributed by atoms with Crippen molar-refractivity contribution >= 4 is 39.3 Å². The SMILES string of the molecule is COc1ccc(NC(=O)C(NC(=O)c2cc3c(cn2)[nH]c2ccccc23)C(C)C)cc1OC. The number of carbonyl (C=O) groups is 2. The predicted octanol–water partition coefficient (Wildman–Crippen LogP) is 4.13. The van der Waals surface area contributed by atoms with Gasteiger partial charge in [0.1, 0.15) is 11.7 Å². The van der Waals surface area contributed by atoms with Crippen molar-refractivity contribution in [3.63, 3.8) is 0 Å². The van der Waals surface area contributed by atoms with E-state index in [0.717, 1.165) is 21.8 Å². The van der Waals surface area contributed by atoms with Crippen LogP contribution < -0.4 is 20.1 Å². The minimum atomic E-state index is -0.758. The quantitative estimate of drug-likeness (QED) is 0.396. The lowest BCUT2D eigenvalue weighted by Crippen LogP contribution is -2.47. The van der Waals surface area contributed by atoms with E-state index >= 15 is 0 Å². The third-order valence-corrected chi connectivity index (χ3v) is 5.51. The molecule has 0 spiro atoms. The molecule has 33 heavy (non-hydrogen) atoms. The Morgan fingerprint density at radius 1 is 0.939 bits per heavy atom. The lowest BCUT2D eigenvalue weighted by Gasteiger charge is -2.22. The Bertz CT molecular complexity index is 1330. The van der Waals surface area contributed by atoms with Gasteiger partial charge in [0.2, 0.25) is 5.91 Å². The molecule has 2 aromatic heterocycles. The number of rotatable bonds is 7. The van der Waals surface area contributed by atoms with Crippen LogP contribution in [0.1, 0.15) is 24.3 Å². The van der Waals surface area contributed by atoms with Crippen molar-refractivity contribution in [1.29, 1.82) is 0 Å². The largest absolute Gasteiger partial charge is 0.493 e. The third kappa shape index (κ3) is 4.45. The summed E-state index contributed by atoms with van der Waals surface area (Å²) in [5, 5.41) is 7.58. The van der Waals surface area contributed by atoms with Crippen molar-refractivity contribution in [2.24, 2.45) is 5.92 Å². The van der Waals surface area contributed by atoms with Gasteiger partial charge < -0.3 is 25.1 Å². The molecular formula is C25H26N4O4. The number of carbonyl (C=O) groups excluding carboxylic acids is 2. The van der Waals surface area contributed by atoms with Crippen LogP contribution in [-0.2, 0) is 4.79 Å². The number of pyridine rings is 1. The molecule has 0 aliphatic heterocycles. The molecule has 0 saturated heterocycles. The van der Waals surface area contributed by atoms with Crippen LogP contribution in [0.5, 0.6) is 11.5 Å². The summed E-state index contributed by atoms with van der Waals surface area (Å²) in [5.74, 6) is 0.160. The van der Waals surface area contributed by atoms with Crippen LogP contribution in [0.2, 0.25) is 0 Å². The topological polar surface area (TPSA) is 105 Å². The highest BCUT2D eigenvalue weighted by Gasteiger charge is 2.26. The molecule has 3 N–H and O–H groups in total. The number of nitrogens with zero attached hydrogens (tertiary/aromatic N) is 1. The van der Waals surface area contributed by atoms with Crippen molar-refractivity contribution in [2.45, 2.75) is 19.9 Å². The first-order chi connectivity index (χ1) is 15.9. The number of hydrogen-bond donors (Lipinski definition) is 3. The van der Waals surface area contributed by atoms with E-state index in [0.29, 0.717) is 17.2 Å². The van der Waals surface area contributed by atoms with E-state index in [9.17, 15) is 9.59 Å². The number of aromatic amines is 1. The van der Waals surface area contributed by atoms with Crippen LogP contribution in [0.15, 0.2) is 54.7 Å². The molecule has 8 nitrogen and oxygen atoms in total. The van der Waals surface area contributed by atoms with Crippen LogP contribution in [0, 0.1) is 5.92 Å². The zero-order chi connectivity index (χ0) is 23.5. The molecular weight excluding hydrogens is 420 g/mol. The average molecular weight is 447 g/mol. The molecule has 4 aromatic rings. The number of anilines is 1. The summed E-state index contributed by atoms with van der Waals surface area (Å²) in [6.45, 7) is 3.74. The van der Waals surface area contributed by atoms with Gasteiger partial charge in [0.15, 0.2) is 11.5 Å². The van der Waals surface area contributed by atoms with E-state index in [2.05, 4.69) is 20.6 Å². The normalized spacial score (nSPS) is 12.0. The Labute approximate surface area is 191 Å². The first-order valence-corrected chi connectivity index (χ1v) is 10.6. The van der Waals surface area contributed by atoms with Crippen molar-refractivity contribution in [3.05, 3.63) is 60.4 Å². The summed E-state index contributed by atoms with van der Waals surface area (Å²) < 4.78 is 10.5. The number of methoxy groups -OCH3 is 2. The van der Waals surface area contributed by atoms with E-state index in [-0.39, 0.29) is 17.5 Å². The number of amides is 2. The number of fused-ring (bicyclic) bond motifs is 3. The molecule has 0 bridgehead atoms. The predicted molar refractivity (Wildman–Crippen MR) is 128 cm³/mol. The van der Waals surface area contributed by atoms with E-state index in [1.165, 1.54) is 7.11 Å². The summed E-state index contributed by atoms with van der Waals surface area (Å²) in [7, 11) is 3.07. The second kappa shape index (κ2) is 9.20. The molecule has 4 rings (SSSR count). The van der Waals surface area contributed by atoms with Gasteiger partial charge in [-0.3, -0.25) is 9.59 Å². The lowest BCUT2D eigenvalue weighted by atomic mass is 10.0. The van der Waals surface area contributed by atoms with E-state index in [1.54, 1.807) is 37.6 Å². The van der Waals surface area contributed by atoms with Gasteiger partial charge in [-0.2, -0.15) is 0 Å². The number of nitrogens with one attached hydrogen (secondary N) is 3. The molecule has 2 aromatic carbocycles. The molecule has 2 amide bonds. The zero-order valence-corrected chi connectivity index (χ0v) is 18.9. The monoisotopic (exact) mass is 446 g/mol. The number of hydrogen-bond acceptors (Lipinski definition) is 5. The molecule has 0 radical (unpaired) electrons. The van der Waals surface area contributed by atoms with Crippen LogP contribution in [0.4, 0.5) is 5.69 Å². The minimum absolute atomic E-state index is 0.147. The van der Waals surface area contributed by atoms with Crippen LogP contribution >= 0.6 is 0 Å². The fourth-order valence-corrected chi connectivity index (χ4v) is 3.76. The fourth-order valence-electron chi connectivity index (χ4n) is 3.76. The van der Waals surface area contributed by atoms with Gasteiger partial charge in [-0.15, -0.1) is 0 Å². The van der Waals surface area contributed by atoms with Gasteiger partial charge in [-0.1, -0.05) is 32.0 Å². The number of ether oxygens (including phenoxy) is 2. The van der Waals surface area contributed by atoms with Crippen LogP contribution in [0.25, 0.3) is 21.8 Å². The van der Waals surface area contributed by atoms with Gasteiger partial charge in [0, 0.05) is 28.0 Å². The number of benzene rings is 2. The van der Waals surface area contributed by atoms with Crippen LogP contribution in [0.3, 0.4) is 0 Å². The van der Waals surface area contributed by atoms with Gasteiger partial charge in [-0.05, 0) is 30.2 Å². The maximum atomic E-state index is 13.0. The third-order valence-electron chi connectivity index (χ3n) is 5.51. The minimum Gasteiger partial charge on any atom is -0.493 e. The molecule has 0 saturated carbocycles. The molecule has 0 aliphatic carbocycles. The van der Waals surface area contributed by atoms with Gasteiger partial charge in [0.25, 0.3) is 5.91 Å². The number of H-pyrrole nitrogens is 1. The first kappa shape index (κ1) is 22.1. The molecule has 170 valence electrons. The smallest absolute Gasteiger partial charge is 0.270 e. The van der Waals surface area contributed by atoms with E-state index in [4.69, 9.17) is 9.47 Å². The average Bonchev–Trinajstić information content (AvgIpc) is 3.19. The zero-order valence-electron chi connectivity index (χ0n) is 18.9. The Hall–Kier alpha value is -4.07. The van der Waals surface area contributed by atoms with Crippen molar-refractivity contribution < 1.29 is 19.1 Å². The Morgan fingerprint density at radius 2 is 1.70 bits per heavy atom. The van der Waals surface area contributed by atoms with Crippen molar-refractivity contribution in [2.75, 3.05) is 19.5 Å². The first-order valence-electron chi connectivity index (χ1n) is 10.6. The second-order valence-electron chi connectivity index (χ2n) is 8.04. The Morgan fingerprint density at radius 3 is 2.42 bits per heavy atom. The summed E-state index contributed by atoms with van der Waals surface area (Å²) in [4.78, 5) is 33.6. The fraction of sp³-hybridized carbons (Fsp3) is 0.240. The Kier molecular flexibility index (Phi) is 6.17. The molecule has 1 atom stereocenters. The Balaban J connectivity index is 1.54. The van der Waals surface area contributed by atoms with Gasteiger partial charge in [0.05, 0.1) is 25.9 Å². The van der Waals surface area contributed by atoms with Crippen molar-refractivity contribution in [1.82, 2.24) is 15.3 Å². The van der Waals surface area contributed by atoms with Crippen LogP contribution in [-0.4, -0.2) is 42.0 Å². The molecule has 8 heteroatoms. The highest BCUT2D eigenvalue weighted by molar-refractivity contribution is 6.09. The second-order valence-corrected chi connectivity index (χ2v) is 8.04. The molecule has 2 heterocycles. The van der Waals surface area contributed by atoms with Crippen molar-refractivity contribution in [3.8, 4) is 11.5 Å². The molecule has 0 fully saturated rings. The van der Waals surface area contributed by atoms with Gasteiger partial charge in [-0.25, -0.2) is 4.98 Å². The summed E-state index contributed by atoms with van der Waals surface area (Å²) in [5.41, 5.74) is 2.60.